The molecule has 0 spiro atoms. The van der Waals surface area contributed by atoms with E-state index >= 15 is 0 Å². The standard InChI is InChI=1S/C17H20N4O2/c1-13-4-2-3-5-14(13)12-19-17-18-7-6-15(20-17)16(22)21-8-10-23-11-9-21/h2-7H,8-12H2,1H3,(H,18,19,20). The van der Waals surface area contributed by atoms with E-state index in [0.717, 1.165) is 0 Å². The summed E-state index contributed by atoms with van der Waals surface area (Å²) in [6, 6.07) is 9.79. The van der Waals surface area contributed by atoms with E-state index < -0.39 is 0 Å². The van der Waals surface area contributed by atoms with Gasteiger partial charge in [-0.2, -0.15) is 0 Å². The Hall–Kier alpha value is -2.47. The molecule has 1 N–H and O–H groups in total. The zero-order valence-corrected chi connectivity index (χ0v) is 13.2. The maximum atomic E-state index is 12.4. The monoisotopic (exact) mass is 312 g/mol. The van der Waals surface area contributed by atoms with Crippen LogP contribution in [-0.2, 0) is 11.3 Å². The highest BCUT2D eigenvalue weighted by Gasteiger charge is 2.19. The number of hydrogen-bond donors (Lipinski definition) is 1. The summed E-state index contributed by atoms with van der Waals surface area (Å²) in [4.78, 5) is 22.7. The molecule has 1 amide bonds. The van der Waals surface area contributed by atoms with Crippen LogP contribution in [0.1, 0.15) is 21.6 Å². The van der Waals surface area contributed by atoms with Crippen molar-refractivity contribution in [3.05, 3.63) is 53.3 Å². The van der Waals surface area contributed by atoms with Crippen molar-refractivity contribution in [1.82, 2.24) is 14.9 Å². The van der Waals surface area contributed by atoms with Crippen molar-refractivity contribution >= 4 is 11.9 Å². The van der Waals surface area contributed by atoms with Gasteiger partial charge in [-0.05, 0) is 24.1 Å². The Bertz CT molecular complexity index is 684. The number of anilines is 1. The molecule has 6 heteroatoms. The number of amides is 1. The lowest BCUT2D eigenvalue weighted by molar-refractivity contribution is 0.0299. The van der Waals surface area contributed by atoms with Crippen LogP contribution < -0.4 is 5.32 Å². The maximum absolute atomic E-state index is 12.4. The van der Waals surface area contributed by atoms with Crippen LogP contribution in [0.25, 0.3) is 0 Å². The largest absolute Gasteiger partial charge is 0.378 e. The van der Waals surface area contributed by atoms with Crippen LogP contribution in [0.5, 0.6) is 0 Å². The van der Waals surface area contributed by atoms with Gasteiger partial charge in [0.15, 0.2) is 0 Å². The topological polar surface area (TPSA) is 67.4 Å². The van der Waals surface area contributed by atoms with Gasteiger partial charge in [0.2, 0.25) is 5.95 Å². The minimum atomic E-state index is -0.0744. The Balaban J connectivity index is 1.67. The molecule has 120 valence electrons. The maximum Gasteiger partial charge on any atom is 0.272 e. The van der Waals surface area contributed by atoms with E-state index in [0.29, 0.717) is 44.5 Å². The Labute approximate surface area is 135 Å². The molecular weight excluding hydrogens is 292 g/mol. The summed E-state index contributed by atoms with van der Waals surface area (Å²) in [6.45, 7) is 5.06. The van der Waals surface area contributed by atoms with Gasteiger partial charge in [0.1, 0.15) is 5.69 Å². The van der Waals surface area contributed by atoms with Gasteiger partial charge in [0, 0.05) is 25.8 Å². The average Bonchev–Trinajstić information content (AvgIpc) is 2.61. The smallest absolute Gasteiger partial charge is 0.272 e. The Morgan fingerprint density at radius 2 is 2.04 bits per heavy atom. The quantitative estimate of drug-likeness (QED) is 0.933. The van der Waals surface area contributed by atoms with E-state index in [1.54, 1.807) is 17.2 Å². The molecule has 1 aliphatic rings. The molecule has 3 rings (SSSR count). The Morgan fingerprint density at radius 3 is 2.83 bits per heavy atom. The summed E-state index contributed by atoms with van der Waals surface area (Å²) in [6.07, 6.45) is 1.61. The second-order valence-electron chi connectivity index (χ2n) is 5.45. The first-order valence-corrected chi connectivity index (χ1v) is 7.72. The molecule has 0 bridgehead atoms. The number of ether oxygens (including phenoxy) is 1. The number of nitrogens with zero attached hydrogens (tertiary/aromatic N) is 3. The van der Waals surface area contributed by atoms with E-state index in [1.807, 2.05) is 12.1 Å². The lowest BCUT2D eigenvalue weighted by Crippen LogP contribution is -2.41. The summed E-state index contributed by atoms with van der Waals surface area (Å²) < 4.78 is 5.27. The lowest BCUT2D eigenvalue weighted by Gasteiger charge is -2.26. The average molecular weight is 312 g/mol. The highest BCUT2D eigenvalue weighted by Crippen LogP contribution is 2.10. The number of carbonyl (C=O) groups is 1. The number of morpholine rings is 1. The van der Waals surface area contributed by atoms with Gasteiger partial charge in [-0.25, -0.2) is 9.97 Å². The molecule has 0 saturated carbocycles. The fraction of sp³-hybridized carbons (Fsp3) is 0.353. The van der Waals surface area contributed by atoms with E-state index in [2.05, 4.69) is 34.3 Å². The third kappa shape index (κ3) is 3.84. The second kappa shape index (κ2) is 7.19. The van der Waals surface area contributed by atoms with Crippen molar-refractivity contribution in [1.29, 1.82) is 0 Å². The van der Waals surface area contributed by atoms with E-state index in [-0.39, 0.29) is 5.91 Å². The van der Waals surface area contributed by atoms with E-state index in [4.69, 9.17) is 4.74 Å². The molecular formula is C17H20N4O2. The zero-order valence-electron chi connectivity index (χ0n) is 13.2. The number of rotatable bonds is 4. The zero-order chi connectivity index (χ0) is 16.1. The number of carbonyl (C=O) groups excluding carboxylic acids is 1. The number of nitrogens with one attached hydrogen (secondary N) is 1. The minimum Gasteiger partial charge on any atom is -0.378 e. The number of benzene rings is 1. The van der Waals surface area contributed by atoms with Crippen molar-refractivity contribution in [2.75, 3.05) is 31.6 Å². The lowest BCUT2D eigenvalue weighted by atomic mass is 10.1. The number of aryl methyl sites for hydroxylation is 1. The predicted molar refractivity (Wildman–Crippen MR) is 87.3 cm³/mol. The highest BCUT2D eigenvalue weighted by molar-refractivity contribution is 5.92. The molecule has 1 fully saturated rings. The van der Waals surface area contributed by atoms with Gasteiger partial charge < -0.3 is 15.0 Å². The number of hydrogen-bond acceptors (Lipinski definition) is 5. The van der Waals surface area contributed by atoms with Crippen molar-refractivity contribution < 1.29 is 9.53 Å². The second-order valence-corrected chi connectivity index (χ2v) is 5.45. The molecule has 1 saturated heterocycles. The predicted octanol–water partition coefficient (Wildman–Crippen LogP) is 1.87. The van der Waals surface area contributed by atoms with Crippen LogP contribution in [0.4, 0.5) is 5.95 Å². The molecule has 1 aliphatic heterocycles. The molecule has 2 heterocycles. The third-order valence-corrected chi connectivity index (χ3v) is 3.87. The van der Waals surface area contributed by atoms with Gasteiger partial charge in [-0.3, -0.25) is 4.79 Å². The van der Waals surface area contributed by atoms with E-state index in [9.17, 15) is 4.79 Å². The minimum absolute atomic E-state index is 0.0744. The fourth-order valence-electron chi connectivity index (χ4n) is 2.47. The molecule has 1 aromatic heterocycles. The van der Waals surface area contributed by atoms with Crippen molar-refractivity contribution in [2.45, 2.75) is 13.5 Å². The molecule has 0 radical (unpaired) electrons. The molecule has 23 heavy (non-hydrogen) atoms. The third-order valence-electron chi connectivity index (χ3n) is 3.87. The molecule has 6 nitrogen and oxygen atoms in total. The normalized spacial score (nSPS) is 14.6. The first-order valence-electron chi connectivity index (χ1n) is 7.72. The van der Waals surface area contributed by atoms with Gasteiger partial charge in [0.25, 0.3) is 5.91 Å². The van der Waals surface area contributed by atoms with Crippen LogP contribution in [0, 0.1) is 6.92 Å². The van der Waals surface area contributed by atoms with Gasteiger partial charge in [0.05, 0.1) is 13.2 Å². The van der Waals surface area contributed by atoms with Crippen LogP contribution in [0.2, 0.25) is 0 Å². The van der Waals surface area contributed by atoms with Gasteiger partial charge >= 0.3 is 0 Å². The molecule has 2 aromatic rings. The highest BCUT2D eigenvalue weighted by atomic mass is 16.5. The van der Waals surface area contributed by atoms with Crippen molar-refractivity contribution in [2.24, 2.45) is 0 Å². The molecule has 0 unspecified atom stereocenters. The summed E-state index contributed by atoms with van der Waals surface area (Å²) in [5, 5.41) is 3.18. The molecule has 1 aromatic carbocycles. The summed E-state index contributed by atoms with van der Waals surface area (Å²) in [5.41, 5.74) is 2.80. The van der Waals surface area contributed by atoms with Crippen LogP contribution in [0.3, 0.4) is 0 Å². The van der Waals surface area contributed by atoms with Gasteiger partial charge in [-0.15, -0.1) is 0 Å². The first kappa shape index (κ1) is 15.4. The SMILES string of the molecule is Cc1ccccc1CNc1nccc(C(=O)N2CCOCC2)n1. The van der Waals surface area contributed by atoms with E-state index in [1.165, 1.54) is 11.1 Å². The van der Waals surface area contributed by atoms with Crippen molar-refractivity contribution in [3.8, 4) is 0 Å². The Morgan fingerprint density at radius 1 is 1.26 bits per heavy atom. The van der Waals surface area contributed by atoms with Gasteiger partial charge in [-0.1, -0.05) is 24.3 Å². The van der Waals surface area contributed by atoms with Crippen LogP contribution in [0.15, 0.2) is 36.5 Å². The summed E-state index contributed by atoms with van der Waals surface area (Å²) in [5.74, 6) is 0.391. The van der Waals surface area contributed by atoms with Crippen LogP contribution >= 0.6 is 0 Å². The van der Waals surface area contributed by atoms with Crippen molar-refractivity contribution in [3.63, 3.8) is 0 Å². The fourth-order valence-corrected chi connectivity index (χ4v) is 2.47. The van der Waals surface area contributed by atoms with Crippen LogP contribution in [-0.4, -0.2) is 47.1 Å². The molecule has 0 aliphatic carbocycles. The summed E-state index contributed by atoms with van der Waals surface area (Å²) in [7, 11) is 0. The summed E-state index contributed by atoms with van der Waals surface area (Å²) >= 11 is 0. The Kier molecular flexibility index (Phi) is 4.83. The first-order chi connectivity index (χ1) is 11.2. The number of aromatic nitrogens is 2. The molecule has 0 atom stereocenters.